The highest BCUT2D eigenvalue weighted by Crippen LogP contribution is 2.18. The van der Waals surface area contributed by atoms with Crippen LogP contribution in [0.25, 0.3) is 0 Å². The predicted octanol–water partition coefficient (Wildman–Crippen LogP) is 1.88. The second-order valence-corrected chi connectivity index (χ2v) is 4.05. The van der Waals surface area contributed by atoms with E-state index in [0.29, 0.717) is 6.42 Å². The van der Waals surface area contributed by atoms with Gasteiger partial charge in [-0.15, -0.1) is 0 Å². The lowest BCUT2D eigenvalue weighted by atomic mass is 10.1. The van der Waals surface area contributed by atoms with Crippen LogP contribution in [0.5, 0.6) is 0 Å². The van der Waals surface area contributed by atoms with Gasteiger partial charge in [0.05, 0.1) is 5.69 Å². The third-order valence-electron chi connectivity index (χ3n) is 2.88. The first-order valence-corrected chi connectivity index (χ1v) is 5.82. The first kappa shape index (κ1) is 11.8. The molecule has 0 saturated carbocycles. The minimum Gasteiger partial charge on any atom is -0.386 e. The molecule has 0 amide bonds. The average Bonchev–Trinajstić information content (AvgIpc) is 2.76. The molecule has 2 aromatic heterocycles. The molecule has 0 aliphatic heterocycles. The number of aliphatic hydroxyl groups excluding tert-OH is 1. The molecule has 0 aliphatic rings. The van der Waals surface area contributed by atoms with E-state index in [1.807, 2.05) is 29.8 Å². The van der Waals surface area contributed by atoms with Crippen molar-refractivity contribution in [1.82, 2.24) is 14.5 Å². The summed E-state index contributed by atoms with van der Waals surface area (Å²) in [6.07, 6.45) is 5.30. The topological polar surface area (TPSA) is 50.9 Å². The van der Waals surface area contributed by atoms with E-state index >= 15 is 0 Å². The van der Waals surface area contributed by atoms with Crippen molar-refractivity contribution in [3.05, 3.63) is 47.8 Å². The first-order chi connectivity index (χ1) is 8.22. The van der Waals surface area contributed by atoms with Gasteiger partial charge in [-0.3, -0.25) is 4.98 Å². The predicted molar refractivity (Wildman–Crippen MR) is 65.5 cm³/mol. The van der Waals surface area contributed by atoms with Crippen LogP contribution in [0.1, 0.15) is 30.1 Å². The van der Waals surface area contributed by atoms with Gasteiger partial charge < -0.3 is 9.67 Å². The molecule has 0 fully saturated rings. The fourth-order valence-electron chi connectivity index (χ4n) is 1.93. The minimum atomic E-state index is -0.594. The summed E-state index contributed by atoms with van der Waals surface area (Å²) < 4.78 is 2.03. The smallest absolute Gasteiger partial charge is 0.111 e. The molecule has 4 heteroatoms. The molecule has 2 heterocycles. The lowest BCUT2D eigenvalue weighted by Gasteiger charge is -2.12. The summed E-state index contributed by atoms with van der Waals surface area (Å²) in [6, 6.07) is 3.83. The monoisotopic (exact) mass is 231 g/mol. The van der Waals surface area contributed by atoms with Crippen LogP contribution in [0.4, 0.5) is 0 Å². The summed E-state index contributed by atoms with van der Waals surface area (Å²) in [4.78, 5) is 8.48. The summed E-state index contributed by atoms with van der Waals surface area (Å²) in [6.45, 7) is 4.88. The summed E-state index contributed by atoms with van der Waals surface area (Å²) in [5.41, 5.74) is 1.74. The maximum absolute atomic E-state index is 10.2. The van der Waals surface area contributed by atoms with Crippen LogP contribution in [0, 0.1) is 6.92 Å². The van der Waals surface area contributed by atoms with Gasteiger partial charge in [-0.25, -0.2) is 4.98 Å². The molecule has 17 heavy (non-hydrogen) atoms. The zero-order chi connectivity index (χ0) is 12.3. The molecular formula is C13H17N3O. The second-order valence-electron chi connectivity index (χ2n) is 4.05. The van der Waals surface area contributed by atoms with E-state index in [0.717, 1.165) is 23.6 Å². The molecule has 0 aromatic carbocycles. The van der Waals surface area contributed by atoms with Crippen molar-refractivity contribution in [3.8, 4) is 0 Å². The Morgan fingerprint density at radius 1 is 1.35 bits per heavy atom. The number of aromatic nitrogens is 3. The number of aryl methyl sites for hydroxylation is 2. The van der Waals surface area contributed by atoms with Gasteiger partial charge >= 0.3 is 0 Å². The number of hydrogen-bond acceptors (Lipinski definition) is 3. The molecular weight excluding hydrogens is 214 g/mol. The van der Waals surface area contributed by atoms with Crippen molar-refractivity contribution < 1.29 is 5.11 Å². The molecule has 0 spiro atoms. The van der Waals surface area contributed by atoms with E-state index < -0.39 is 6.10 Å². The van der Waals surface area contributed by atoms with Crippen LogP contribution in [0.2, 0.25) is 0 Å². The lowest BCUT2D eigenvalue weighted by Crippen LogP contribution is -2.10. The molecule has 0 saturated heterocycles. The molecule has 0 bridgehead atoms. The van der Waals surface area contributed by atoms with E-state index in [1.165, 1.54) is 0 Å². The standard InChI is InChI=1S/C13H17N3O/c1-3-16-8-7-14-12(16)9-11(17)13-10(2)5-4-6-15-13/h4-8,11,17H,3,9H2,1-2H3. The Balaban J connectivity index is 2.17. The molecule has 1 unspecified atom stereocenters. The highest BCUT2D eigenvalue weighted by atomic mass is 16.3. The fraction of sp³-hybridized carbons (Fsp3) is 0.385. The second kappa shape index (κ2) is 5.10. The Morgan fingerprint density at radius 3 is 2.88 bits per heavy atom. The van der Waals surface area contributed by atoms with Crippen LogP contribution in [0.15, 0.2) is 30.7 Å². The Bertz CT molecular complexity index is 493. The summed E-state index contributed by atoms with van der Waals surface area (Å²) in [5, 5.41) is 10.2. The van der Waals surface area contributed by atoms with Gasteiger partial charge in [-0.1, -0.05) is 6.07 Å². The summed E-state index contributed by atoms with van der Waals surface area (Å²) >= 11 is 0. The van der Waals surface area contributed by atoms with Crippen LogP contribution in [0.3, 0.4) is 0 Å². The molecule has 1 atom stereocenters. The Kier molecular flexibility index (Phi) is 3.54. The quantitative estimate of drug-likeness (QED) is 0.874. The van der Waals surface area contributed by atoms with Crippen molar-refractivity contribution in [3.63, 3.8) is 0 Å². The van der Waals surface area contributed by atoms with Gasteiger partial charge in [0.2, 0.25) is 0 Å². The maximum atomic E-state index is 10.2. The molecule has 90 valence electrons. The highest BCUT2D eigenvalue weighted by Gasteiger charge is 2.14. The maximum Gasteiger partial charge on any atom is 0.111 e. The molecule has 0 radical (unpaired) electrons. The van der Waals surface area contributed by atoms with Gasteiger partial charge in [0.15, 0.2) is 0 Å². The highest BCUT2D eigenvalue weighted by molar-refractivity contribution is 5.20. The van der Waals surface area contributed by atoms with E-state index in [4.69, 9.17) is 0 Å². The molecule has 2 rings (SSSR count). The average molecular weight is 231 g/mol. The fourth-order valence-corrected chi connectivity index (χ4v) is 1.93. The van der Waals surface area contributed by atoms with Crippen molar-refractivity contribution in [2.75, 3.05) is 0 Å². The largest absolute Gasteiger partial charge is 0.386 e. The Hall–Kier alpha value is -1.68. The zero-order valence-electron chi connectivity index (χ0n) is 10.2. The number of nitrogens with zero attached hydrogens (tertiary/aromatic N) is 3. The van der Waals surface area contributed by atoms with Crippen LogP contribution in [-0.2, 0) is 13.0 Å². The van der Waals surface area contributed by atoms with E-state index in [1.54, 1.807) is 12.4 Å². The number of imidazole rings is 1. The number of rotatable bonds is 4. The lowest BCUT2D eigenvalue weighted by molar-refractivity contribution is 0.169. The van der Waals surface area contributed by atoms with Crippen molar-refractivity contribution in [1.29, 1.82) is 0 Å². The van der Waals surface area contributed by atoms with Crippen LogP contribution < -0.4 is 0 Å². The Labute approximate surface area is 101 Å². The van der Waals surface area contributed by atoms with Crippen molar-refractivity contribution >= 4 is 0 Å². The van der Waals surface area contributed by atoms with Crippen LogP contribution in [-0.4, -0.2) is 19.6 Å². The van der Waals surface area contributed by atoms with Gasteiger partial charge in [-0.05, 0) is 25.5 Å². The SMILES string of the molecule is CCn1ccnc1CC(O)c1ncccc1C. The van der Waals surface area contributed by atoms with E-state index in [-0.39, 0.29) is 0 Å². The van der Waals surface area contributed by atoms with E-state index in [9.17, 15) is 5.11 Å². The normalized spacial score (nSPS) is 12.6. The third-order valence-corrected chi connectivity index (χ3v) is 2.88. The Morgan fingerprint density at radius 2 is 2.18 bits per heavy atom. The third kappa shape index (κ3) is 2.53. The number of pyridine rings is 1. The molecule has 4 nitrogen and oxygen atoms in total. The summed E-state index contributed by atoms with van der Waals surface area (Å²) in [5.74, 6) is 0.894. The van der Waals surface area contributed by atoms with Gasteiger partial charge in [0.25, 0.3) is 0 Å². The molecule has 2 aromatic rings. The van der Waals surface area contributed by atoms with Crippen molar-refractivity contribution in [2.24, 2.45) is 0 Å². The molecule has 0 aliphatic carbocycles. The minimum absolute atomic E-state index is 0.499. The van der Waals surface area contributed by atoms with Gasteiger partial charge in [0, 0.05) is 31.6 Å². The number of hydrogen-bond donors (Lipinski definition) is 1. The summed E-state index contributed by atoms with van der Waals surface area (Å²) in [7, 11) is 0. The molecule has 1 N–H and O–H groups in total. The van der Waals surface area contributed by atoms with Crippen LogP contribution >= 0.6 is 0 Å². The first-order valence-electron chi connectivity index (χ1n) is 5.82. The zero-order valence-corrected chi connectivity index (χ0v) is 10.2. The number of aliphatic hydroxyl groups is 1. The van der Waals surface area contributed by atoms with Crippen molar-refractivity contribution in [2.45, 2.75) is 32.9 Å². The van der Waals surface area contributed by atoms with Gasteiger partial charge in [-0.2, -0.15) is 0 Å². The van der Waals surface area contributed by atoms with Gasteiger partial charge in [0.1, 0.15) is 11.9 Å². The van der Waals surface area contributed by atoms with E-state index in [2.05, 4.69) is 16.9 Å².